The molecule has 1 aromatic carbocycles. The maximum atomic E-state index is 13.9. The molecule has 0 spiro atoms. The number of hydrogen-bond donors (Lipinski definition) is 2. The van der Waals surface area contributed by atoms with E-state index in [-0.39, 0.29) is 17.0 Å². The average molecular weight is 423 g/mol. The number of likely N-dealkylation sites (tertiary alicyclic amines) is 1. The molecule has 0 saturated carbocycles. The third-order valence-electron chi connectivity index (χ3n) is 5.35. The minimum Gasteiger partial charge on any atom is -0.481 e. The number of carbonyl (C=O) groups excluding carboxylic acids is 1. The topological polar surface area (TPSA) is 95.7 Å². The minimum absolute atomic E-state index is 0.0141. The van der Waals surface area contributed by atoms with Gasteiger partial charge >= 0.3 is 5.97 Å². The van der Waals surface area contributed by atoms with Crippen LogP contribution in [-0.2, 0) is 4.79 Å². The second-order valence-electron chi connectivity index (χ2n) is 7.20. The van der Waals surface area contributed by atoms with Gasteiger partial charge < -0.3 is 14.9 Å². The smallest absolute Gasteiger partial charge is 0.309 e. The Labute approximate surface area is 169 Å². The van der Waals surface area contributed by atoms with E-state index in [0.29, 0.717) is 31.6 Å². The molecule has 0 radical (unpaired) electrons. The summed E-state index contributed by atoms with van der Waals surface area (Å²) in [5, 5.41) is 16.0. The van der Waals surface area contributed by atoms with Crippen molar-refractivity contribution in [3.05, 3.63) is 41.6 Å². The van der Waals surface area contributed by atoms with E-state index in [0.717, 1.165) is 17.6 Å². The molecule has 2 N–H and O–H groups in total. The number of hydrogen-bond acceptors (Lipinski definition) is 6. The highest BCUT2D eigenvalue weighted by Gasteiger charge is 2.39. The molecule has 10 heteroatoms. The molecule has 0 unspecified atom stereocenters. The number of amides is 1. The molecule has 29 heavy (non-hydrogen) atoms. The van der Waals surface area contributed by atoms with Crippen LogP contribution in [0.4, 0.5) is 8.78 Å². The van der Waals surface area contributed by atoms with Crippen LogP contribution in [0.25, 0.3) is 11.3 Å². The van der Waals surface area contributed by atoms with Gasteiger partial charge in [0.1, 0.15) is 11.6 Å². The van der Waals surface area contributed by atoms with Gasteiger partial charge in [-0.15, -0.1) is 0 Å². The Morgan fingerprint density at radius 2 is 2.07 bits per heavy atom. The fraction of sp³-hybridized carbons (Fsp3) is 0.421. The van der Waals surface area contributed by atoms with Crippen LogP contribution in [0.15, 0.2) is 28.8 Å². The van der Waals surface area contributed by atoms with Crippen molar-refractivity contribution in [1.29, 1.82) is 0 Å². The van der Waals surface area contributed by atoms with Crippen LogP contribution < -0.4 is 5.32 Å². The number of nitrogens with one attached hydrogen (secondary N) is 1. The Hall–Kier alpha value is -2.46. The lowest BCUT2D eigenvalue weighted by atomic mass is 9.91. The highest BCUT2D eigenvalue weighted by atomic mass is 32.2. The maximum Gasteiger partial charge on any atom is 0.309 e. The summed E-state index contributed by atoms with van der Waals surface area (Å²) < 4.78 is 32.0. The summed E-state index contributed by atoms with van der Waals surface area (Å²) in [5.41, 5.74) is -0.112. The molecule has 0 aliphatic carbocycles. The van der Waals surface area contributed by atoms with Gasteiger partial charge in [0.2, 0.25) is 0 Å². The van der Waals surface area contributed by atoms with Gasteiger partial charge in [0.25, 0.3) is 5.91 Å². The van der Waals surface area contributed by atoms with Crippen molar-refractivity contribution in [2.75, 3.05) is 24.6 Å². The van der Waals surface area contributed by atoms with Crippen molar-refractivity contribution < 1.29 is 28.0 Å². The number of aromatic nitrogens is 1. The predicted octanol–water partition coefficient (Wildman–Crippen LogP) is 2.24. The number of carboxylic acids is 1. The highest BCUT2D eigenvalue weighted by Crippen LogP contribution is 2.29. The number of aliphatic carboxylic acids is 1. The van der Waals surface area contributed by atoms with Crippen molar-refractivity contribution in [3.8, 4) is 11.3 Å². The van der Waals surface area contributed by atoms with Gasteiger partial charge in [0.15, 0.2) is 11.5 Å². The normalized spacial score (nSPS) is 22.8. The molecule has 4 rings (SSSR count). The lowest BCUT2D eigenvalue weighted by molar-refractivity contribution is -0.144. The van der Waals surface area contributed by atoms with E-state index in [4.69, 9.17) is 4.52 Å². The summed E-state index contributed by atoms with van der Waals surface area (Å²) in [6, 6.07) is 4.11. The van der Waals surface area contributed by atoms with Crippen LogP contribution in [-0.4, -0.2) is 63.7 Å². The van der Waals surface area contributed by atoms with Crippen molar-refractivity contribution >= 4 is 23.6 Å². The Bertz CT molecular complexity index is 934. The number of piperidine rings is 1. The van der Waals surface area contributed by atoms with Gasteiger partial charge in [-0.2, -0.15) is 11.8 Å². The first-order chi connectivity index (χ1) is 13.9. The van der Waals surface area contributed by atoms with Gasteiger partial charge in [0.05, 0.1) is 11.5 Å². The Morgan fingerprint density at radius 1 is 1.28 bits per heavy atom. The summed E-state index contributed by atoms with van der Waals surface area (Å²) in [6.45, 7) is 1.10. The number of nitrogens with zero attached hydrogens (tertiary/aromatic N) is 2. The third kappa shape index (κ3) is 4.13. The minimum atomic E-state index is -0.957. The number of thioether (sulfide) groups is 1. The molecule has 2 fully saturated rings. The van der Waals surface area contributed by atoms with Crippen LogP contribution in [0.2, 0.25) is 0 Å². The molecular weight excluding hydrogens is 404 g/mol. The monoisotopic (exact) mass is 423 g/mol. The largest absolute Gasteiger partial charge is 0.481 e. The van der Waals surface area contributed by atoms with Gasteiger partial charge in [-0.05, 0) is 18.6 Å². The van der Waals surface area contributed by atoms with Crippen molar-refractivity contribution in [2.24, 2.45) is 5.92 Å². The first kappa shape index (κ1) is 19.8. The number of rotatable bonds is 5. The SMILES string of the molecule is O=C(N[C@H]1CCN(C2CSC2)C[C@@H]1C(=O)O)c1cc(-c2ccc(F)cc2F)on1. The molecule has 2 aliphatic heterocycles. The molecule has 0 bridgehead atoms. The van der Waals surface area contributed by atoms with Crippen LogP contribution in [0, 0.1) is 17.6 Å². The fourth-order valence-electron chi connectivity index (χ4n) is 3.61. The van der Waals surface area contributed by atoms with E-state index in [1.165, 1.54) is 12.1 Å². The van der Waals surface area contributed by atoms with E-state index in [1.807, 2.05) is 11.8 Å². The van der Waals surface area contributed by atoms with Gasteiger partial charge in [-0.3, -0.25) is 14.5 Å². The molecule has 2 aromatic rings. The van der Waals surface area contributed by atoms with Gasteiger partial charge in [0, 0.05) is 48.8 Å². The van der Waals surface area contributed by atoms with E-state index >= 15 is 0 Å². The van der Waals surface area contributed by atoms with Crippen LogP contribution in [0.5, 0.6) is 0 Å². The van der Waals surface area contributed by atoms with E-state index in [2.05, 4.69) is 15.4 Å². The Balaban J connectivity index is 1.44. The summed E-state index contributed by atoms with van der Waals surface area (Å²) in [5.74, 6) is -1.83. The van der Waals surface area contributed by atoms with Crippen molar-refractivity contribution in [3.63, 3.8) is 0 Å². The Kier molecular flexibility index (Phi) is 5.55. The van der Waals surface area contributed by atoms with Crippen molar-refractivity contribution in [2.45, 2.75) is 18.5 Å². The summed E-state index contributed by atoms with van der Waals surface area (Å²) >= 11 is 1.83. The number of carboxylic acid groups (broad SMARTS) is 1. The zero-order chi connectivity index (χ0) is 20.5. The molecule has 2 aliphatic rings. The van der Waals surface area contributed by atoms with Gasteiger partial charge in [-0.1, -0.05) is 5.16 Å². The lowest BCUT2D eigenvalue weighted by Gasteiger charge is -2.43. The lowest BCUT2D eigenvalue weighted by Crippen LogP contribution is -2.58. The molecule has 1 aromatic heterocycles. The summed E-state index contributed by atoms with van der Waals surface area (Å²) in [4.78, 5) is 26.4. The standard InChI is InChI=1S/C19H19F2N3O4S/c20-10-1-2-12(14(21)5-10)17-6-16(23-28-17)18(25)22-15-3-4-24(11-8-29-9-11)7-13(15)19(26)27/h1-2,5-6,11,13,15H,3-4,7-9H2,(H,22,25)(H,26,27)/t13-,15-/m0/s1. The molecule has 3 heterocycles. The quantitative estimate of drug-likeness (QED) is 0.762. The van der Waals surface area contributed by atoms with Gasteiger partial charge in [-0.25, -0.2) is 8.78 Å². The van der Waals surface area contributed by atoms with E-state index in [9.17, 15) is 23.5 Å². The molecule has 154 valence electrons. The second-order valence-corrected chi connectivity index (χ2v) is 8.28. The highest BCUT2D eigenvalue weighted by molar-refractivity contribution is 8.00. The van der Waals surface area contributed by atoms with Crippen molar-refractivity contribution in [1.82, 2.24) is 15.4 Å². The average Bonchev–Trinajstić information content (AvgIpc) is 3.11. The summed E-state index contributed by atoms with van der Waals surface area (Å²) in [6.07, 6.45) is 0.515. The zero-order valence-corrected chi connectivity index (χ0v) is 16.1. The number of carbonyl (C=O) groups is 2. The molecule has 2 atom stereocenters. The number of halogens is 2. The molecule has 2 saturated heterocycles. The van der Waals surface area contributed by atoms with E-state index in [1.54, 1.807) is 0 Å². The molecule has 1 amide bonds. The Morgan fingerprint density at radius 3 is 2.72 bits per heavy atom. The van der Waals surface area contributed by atoms with Crippen LogP contribution >= 0.6 is 11.8 Å². The van der Waals surface area contributed by atoms with E-state index < -0.39 is 35.5 Å². The fourth-order valence-corrected chi connectivity index (χ4v) is 4.47. The molecule has 7 nitrogen and oxygen atoms in total. The zero-order valence-electron chi connectivity index (χ0n) is 15.3. The second kappa shape index (κ2) is 8.11. The third-order valence-corrected chi connectivity index (χ3v) is 6.60. The summed E-state index contributed by atoms with van der Waals surface area (Å²) in [7, 11) is 0. The first-order valence-corrected chi connectivity index (χ1v) is 10.4. The predicted molar refractivity (Wildman–Crippen MR) is 102 cm³/mol. The molecular formula is C19H19F2N3O4S. The van der Waals surface area contributed by atoms with Crippen LogP contribution in [0.1, 0.15) is 16.9 Å². The first-order valence-electron chi connectivity index (χ1n) is 9.20. The maximum absolute atomic E-state index is 13.9. The van der Waals surface area contributed by atoms with Crippen LogP contribution in [0.3, 0.4) is 0 Å². The number of benzene rings is 1.